The number of aliphatic carboxylic acids is 1. The average Bonchev–Trinajstić information content (AvgIpc) is 2.71. The van der Waals surface area contributed by atoms with Gasteiger partial charge in [0.05, 0.1) is 7.11 Å². The number of methoxy groups -OCH3 is 1. The van der Waals surface area contributed by atoms with Crippen molar-refractivity contribution >= 4 is 17.4 Å². The molecular weight excluding hydrogens is 354 g/mol. The molecule has 0 bridgehead atoms. The second kappa shape index (κ2) is 8.46. The monoisotopic (exact) mass is 381 g/mol. The lowest BCUT2D eigenvalue weighted by molar-refractivity contribution is -0.150. The van der Waals surface area contributed by atoms with Crippen LogP contribution >= 0.6 is 0 Å². The molecule has 0 heterocycles. The van der Waals surface area contributed by atoms with Gasteiger partial charge in [0.1, 0.15) is 5.75 Å². The first-order valence-electron chi connectivity index (χ1n) is 9.78. The summed E-state index contributed by atoms with van der Waals surface area (Å²) in [6.07, 6.45) is 2.82. The van der Waals surface area contributed by atoms with Crippen LogP contribution in [0.25, 0.3) is 0 Å². The van der Waals surface area contributed by atoms with Crippen molar-refractivity contribution in [2.45, 2.75) is 44.6 Å². The Kier molecular flexibility index (Phi) is 6.02. The Morgan fingerprint density at radius 3 is 2.54 bits per heavy atom. The lowest BCUT2D eigenvalue weighted by Gasteiger charge is -2.42. The van der Waals surface area contributed by atoms with E-state index in [1.165, 1.54) is 0 Å². The number of anilines is 1. The van der Waals surface area contributed by atoms with Crippen molar-refractivity contribution < 1.29 is 19.4 Å². The molecule has 1 unspecified atom stereocenters. The van der Waals surface area contributed by atoms with E-state index < -0.39 is 11.5 Å². The van der Waals surface area contributed by atoms with Crippen LogP contribution in [0.2, 0.25) is 0 Å². The SMILES string of the molecule is CCN(c1ccc(OC)c(Cc2ccccc2)c1)C1(C(=O)O)CCCCC1=O. The number of benzene rings is 2. The molecule has 0 spiro atoms. The van der Waals surface area contributed by atoms with E-state index in [9.17, 15) is 14.7 Å². The molecule has 0 aromatic heterocycles. The van der Waals surface area contributed by atoms with Crippen LogP contribution < -0.4 is 9.64 Å². The van der Waals surface area contributed by atoms with E-state index in [1.807, 2.05) is 55.5 Å². The normalized spacial score (nSPS) is 19.3. The molecule has 0 amide bonds. The number of ketones is 1. The number of Topliss-reactive ketones (excluding diaryl/α,β-unsaturated/α-hetero) is 1. The number of ether oxygens (including phenoxy) is 1. The van der Waals surface area contributed by atoms with Crippen molar-refractivity contribution in [3.8, 4) is 5.75 Å². The molecule has 5 heteroatoms. The molecule has 1 N–H and O–H groups in total. The summed E-state index contributed by atoms with van der Waals surface area (Å²) in [5.74, 6) is -0.504. The van der Waals surface area contributed by atoms with Gasteiger partial charge in [-0.1, -0.05) is 30.3 Å². The minimum Gasteiger partial charge on any atom is -0.496 e. The second-order valence-corrected chi connectivity index (χ2v) is 7.20. The van der Waals surface area contributed by atoms with Crippen molar-refractivity contribution in [2.75, 3.05) is 18.6 Å². The van der Waals surface area contributed by atoms with Crippen molar-refractivity contribution in [1.82, 2.24) is 0 Å². The summed E-state index contributed by atoms with van der Waals surface area (Å²) < 4.78 is 5.52. The van der Waals surface area contributed by atoms with Gasteiger partial charge >= 0.3 is 5.97 Å². The van der Waals surface area contributed by atoms with Gasteiger partial charge in [0.25, 0.3) is 0 Å². The van der Waals surface area contributed by atoms with Crippen LogP contribution in [-0.2, 0) is 16.0 Å². The minimum absolute atomic E-state index is 0.200. The maximum Gasteiger partial charge on any atom is 0.337 e. The Morgan fingerprint density at radius 2 is 1.93 bits per heavy atom. The zero-order valence-corrected chi connectivity index (χ0v) is 16.5. The van der Waals surface area contributed by atoms with E-state index in [0.29, 0.717) is 25.8 Å². The van der Waals surface area contributed by atoms with Gasteiger partial charge in [-0.05, 0) is 49.9 Å². The Bertz CT molecular complexity index is 849. The number of likely N-dealkylation sites (N-methyl/N-ethyl adjacent to an activating group) is 1. The van der Waals surface area contributed by atoms with E-state index in [2.05, 4.69) is 0 Å². The van der Waals surface area contributed by atoms with E-state index >= 15 is 0 Å². The lowest BCUT2D eigenvalue weighted by atomic mass is 9.78. The standard InChI is InChI=1S/C23H27NO4/c1-3-24(23(22(26)27)14-8-7-11-21(23)25)19-12-13-20(28-2)18(16-19)15-17-9-5-4-6-10-17/h4-6,9-10,12-13,16H,3,7-8,11,14-15H2,1-2H3,(H,26,27). The van der Waals surface area contributed by atoms with Crippen LogP contribution in [0.5, 0.6) is 5.75 Å². The Hall–Kier alpha value is -2.82. The van der Waals surface area contributed by atoms with Gasteiger partial charge in [0.2, 0.25) is 0 Å². The molecule has 5 nitrogen and oxygen atoms in total. The van der Waals surface area contributed by atoms with Crippen LogP contribution in [-0.4, -0.2) is 36.1 Å². The maximum atomic E-state index is 12.8. The average molecular weight is 381 g/mol. The smallest absolute Gasteiger partial charge is 0.337 e. The van der Waals surface area contributed by atoms with E-state index in [4.69, 9.17) is 4.74 Å². The van der Waals surface area contributed by atoms with Gasteiger partial charge < -0.3 is 14.7 Å². The van der Waals surface area contributed by atoms with Crippen LogP contribution in [0.1, 0.15) is 43.7 Å². The van der Waals surface area contributed by atoms with Crippen molar-refractivity contribution in [3.05, 3.63) is 59.7 Å². The third-order valence-electron chi connectivity index (χ3n) is 5.60. The maximum absolute atomic E-state index is 12.8. The molecule has 1 atom stereocenters. The lowest BCUT2D eigenvalue weighted by Crippen LogP contribution is -2.61. The summed E-state index contributed by atoms with van der Waals surface area (Å²) in [5, 5.41) is 10.0. The van der Waals surface area contributed by atoms with E-state index in [-0.39, 0.29) is 5.78 Å². The number of carbonyl (C=O) groups excluding carboxylic acids is 1. The van der Waals surface area contributed by atoms with Gasteiger partial charge in [0.15, 0.2) is 11.3 Å². The first-order valence-corrected chi connectivity index (χ1v) is 9.78. The molecule has 0 saturated heterocycles. The summed E-state index contributed by atoms with van der Waals surface area (Å²) in [4.78, 5) is 26.8. The summed E-state index contributed by atoms with van der Waals surface area (Å²) in [6.45, 7) is 2.34. The molecule has 1 aliphatic rings. The van der Waals surface area contributed by atoms with Crippen molar-refractivity contribution in [1.29, 1.82) is 0 Å². The zero-order chi connectivity index (χ0) is 20.1. The summed E-state index contributed by atoms with van der Waals surface area (Å²) in [6, 6.07) is 15.7. The molecule has 3 rings (SSSR count). The highest BCUT2D eigenvalue weighted by atomic mass is 16.5. The van der Waals surface area contributed by atoms with Gasteiger partial charge in [-0.15, -0.1) is 0 Å². The number of carboxylic acid groups (broad SMARTS) is 1. The molecule has 0 radical (unpaired) electrons. The number of hydrogen-bond acceptors (Lipinski definition) is 4. The largest absolute Gasteiger partial charge is 0.496 e. The Labute approximate surface area is 165 Å². The Morgan fingerprint density at radius 1 is 1.18 bits per heavy atom. The van der Waals surface area contributed by atoms with Gasteiger partial charge in [-0.25, -0.2) is 4.79 Å². The number of nitrogens with zero attached hydrogens (tertiary/aromatic N) is 1. The fourth-order valence-electron chi connectivity index (χ4n) is 4.20. The molecule has 148 valence electrons. The van der Waals surface area contributed by atoms with Gasteiger partial charge in [0, 0.05) is 30.6 Å². The first-order chi connectivity index (χ1) is 13.5. The molecule has 0 aliphatic heterocycles. The van der Waals surface area contributed by atoms with Crippen molar-refractivity contribution in [2.24, 2.45) is 0 Å². The highest BCUT2D eigenvalue weighted by Gasteiger charge is 2.51. The van der Waals surface area contributed by atoms with E-state index in [0.717, 1.165) is 35.4 Å². The molecule has 2 aromatic carbocycles. The van der Waals surface area contributed by atoms with Crippen LogP contribution in [0.3, 0.4) is 0 Å². The fourth-order valence-corrected chi connectivity index (χ4v) is 4.20. The van der Waals surface area contributed by atoms with Crippen LogP contribution in [0.4, 0.5) is 5.69 Å². The first kappa shape index (κ1) is 19.9. The molecular formula is C23H27NO4. The van der Waals surface area contributed by atoms with Gasteiger partial charge in [-0.3, -0.25) is 4.79 Å². The summed E-state index contributed by atoms with van der Waals surface area (Å²) in [7, 11) is 1.63. The highest BCUT2D eigenvalue weighted by molar-refractivity contribution is 6.11. The summed E-state index contributed by atoms with van der Waals surface area (Å²) >= 11 is 0. The van der Waals surface area contributed by atoms with Gasteiger partial charge in [-0.2, -0.15) is 0 Å². The van der Waals surface area contributed by atoms with Crippen molar-refractivity contribution in [3.63, 3.8) is 0 Å². The molecule has 2 aromatic rings. The molecule has 1 saturated carbocycles. The quantitative estimate of drug-likeness (QED) is 0.732. The fraction of sp³-hybridized carbons (Fsp3) is 0.391. The highest BCUT2D eigenvalue weighted by Crippen LogP contribution is 2.37. The van der Waals surface area contributed by atoms with Crippen LogP contribution in [0, 0.1) is 0 Å². The molecule has 1 fully saturated rings. The summed E-state index contributed by atoms with van der Waals surface area (Å²) in [5.41, 5.74) is 1.37. The number of carboxylic acids is 1. The zero-order valence-electron chi connectivity index (χ0n) is 16.5. The third kappa shape index (κ3) is 3.61. The molecule has 28 heavy (non-hydrogen) atoms. The molecule has 1 aliphatic carbocycles. The predicted octanol–water partition coefficient (Wildman–Crippen LogP) is 4.08. The Balaban J connectivity index is 2.04. The predicted molar refractivity (Wildman–Crippen MR) is 109 cm³/mol. The number of hydrogen-bond donors (Lipinski definition) is 1. The minimum atomic E-state index is -1.48. The number of rotatable bonds is 7. The van der Waals surface area contributed by atoms with Crippen LogP contribution in [0.15, 0.2) is 48.5 Å². The number of carbonyl (C=O) groups is 2. The third-order valence-corrected chi connectivity index (χ3v) is 5.60. The van der Waals surface area contributed by atoms with E-state index in [1.54, 1.807) is 12.0 Å². The topological polar surface area (TPSA) is 66.8 Å². The second-order valence-electron chi connectivity index (χ2n) is 7.20.